The first-order valence-electron chi connectivity index (χ1n) is 7.92. The number of carbonyl (C=O) groups excluding carboxylic acids is 1. The molecule has 1 atom stereocenters. The molecule has 0 saturated carbocycles. The predicted molar refractivity (Wildman–Crippen MR) is 90.5 cm³/mol. The van der Waals surface area contributed by atoms with Crippen LogP contribution in [0.1, 0.15) is 30.2 Å². The Kier molecular flexibility index (Phi) is 5.79. The number of hydrogen-bond donors (Lipinski definition) is 1. The van der Waals surface area contributed by atoms with Gasteiger partial charge in [-0.1, -0.05) is 18.2 Å². The number of ether oxygens (including phenoxy) is 1. The number of aromatic nitrogens is 2. The predicted octanol–water partition coefficient (Wildman–Crippen LogP) is 2.55. The molecule has 124 valence electrons. The van der Waals surface area contributed by atoms with Crippen molar-refractivity contribution in [3.63, 3.8) is 0 Å². The molecule has 0 saturated heterocycles. The normalized spacial score (nSPS) is 12.0. The number of hydrogen-bond acceptors (Lipinski definition) is 3. The molecule has 2 rings (SSSR count). The number of benzene rings is 1. The molecule has 23 heavy (non-hydrogen) atoms. The van der Waals surface area contributed by atoms with Gasteiger partial charge in [0, 0.05) is 25.4 Å². The average Bonchev–Trinajstić information content (AvgIpc) is 2.90. The Balaban J connectivity index is 1.77. The minimum Gasteiger partial charge on any atom is -0.491 e. The van der Waals surface area contributed by atoms with Crippen molar-refractivity contribution in [1.29, 1.82) is 0 Å². The molecule has 0 aliphatic heterocycles. The summed E-state index contributed by atoms with van der Waals surface area (Å²) >= 11 is 0. The SMILES string of the molecule is Cc1cccc(C)c1OC[C@@H](C)NC(=O)CCc1ccnn1C. The van der Waals surface area contributed by atoms with E-state index >= 15 is 0 Å². The highest BCUT2D eigenvalue weighted by atomic mass is 16.5. The van der Waals surface area contributed by atoms with Crippen molar-refractivity contribution in [2.24, 2.45) is 7.05 Å². The second kappa shape index (κ2) is 7.81. The van der Waals surface area contributed by atoms with Crippen LogP contribution in [0.5, 0.6) is 5.75 Å². The van der Waals surface area contributed by atoms with Gasteiger partial charge in [-0.2, -0.15) is 5.10 Å². The molecule has 0 fully saturated rings. The van der Waals surface area contributed by atoms with E-state index in [1.807, 2.05) is 52.1 Å². The summed E-state index contributed by atoms with van der Waals surface area (Å²) in [6.45, 7) is 6.47. The van der Waals surface area contributed by atoms with Gasteiger partial charge < -0.3 is 10.1 Å². The Bertz CT molecular complexity index is 644. The largest absolute Gasteiger partial charge is 0.491 e. The summed E-state index contributed by atoms with van der Waals surface area (Å²) in [5.41, 5.74) is 3.28. The van der Waals surface area contributed by atoms with Crippen LogP contribution in [-0.4, -0.2) is 28.3 Å². The summed E-state index contributed by atoms with van der Waals surface area (Å²) in [7, 11) is 1.88. The van der Waals surface area contributed by atoms with Crippen LogP contribution in [0.3, 0.4) is 0 Å². The van der Waals surface area contributed by atoms with Crippen LogP contribution in [0.2, 0.25) is 0 Å². The number of nitrogens with one attached hydrogen (secondary N) is 1. The van der Waals surface area contributed by atoms with E-state index in [2.05, 4.69) is 10.4 Å². The standard InChI is InChI=1S/C18H25N3O2/c1-13-6-5-7-14(2)18(13)23-12-15(3)20-17(22)9-8-16-10-11-19-21(16)4/h5-7,10-11,15H,8-9,12H2,1-4H3,(H,20,22)/t15-/m1/s1. The van der Waals surface area contributed by atoms with Crippen LogP contribution >= 0.6 is 0 Å². The van der Waals surface area contributed by atoms with Crippen LogP contribution < -0.4 is 10.1 Å². The molecule has 5 nitrogen and oxygen atoms in total. The van der Waals surface area contributed by atoms with Crippen molar-refractivity contribution in [1.82, 2.24) is 15.1 Å². The van der Waals surface area contributed by atoms with Gasteiger partial charge in [0.25, 0.3) is 0 Å². The van der Waals surface area contributed by atoms with E-state index in [0.717, 1.165) is 22.6 Å². The maximum atomic E-state index is 12.0. The summed E-state index contributed by atoms with van der Waals surface area (Å²) < 4.78 is 7.66. The van der Waals surface area contributed by atoms with Gasteiger partial charge in [0.05, 0.1) is 6.04 Å². The topological polar surface area (TPSA) is 56.1 Å². The third-order valence-electron chi connectivity index (χ3n) is 3.82. The fourth-order valence-electron chi connectivity index (χ4n) is 2.51. The van der Waals surface area contributed by atoms with E-state index in [1.54, 1.807) is 10.9 Å². The smallest absolute Gasteiger partial charge is 0.220 e. The van der Waals surface area contributed by atoms with E-state index in [9.17, 15) is 4.79 Å². The molecule has 2 aromatic rings. The number of carbonyl (C=O) groups is 1. The first-order chi connectivity index (χ1) is 11.0. The fourth-order valence-corrected chi connectivity index (χ4v) is 2.51. The molecule has 1 amide bonds. The molecule has 0 bridgehead atoms. The van der Waals surface area contributed by atoms with Gasteiger partial charge in [-0.05, 0) is 44.4 Å². The third-order valence-corrected chi connectivity index (χ3v) is 3.82. The second-order valence-electron chi connectivity index (χ2n) is 5.95. The van der Waals surface area contributed by atoms with Crippen LogP contribution in [-0.2, 0) is 18.3 Å². The van der Waals surface area contributed by atoms with Crippen LogP contribution in [0.4, 0.5) is 0 Å². The molecule has 0 aliphatic carbocycles. The minimum absolute atomic E-state index is 0.0313. The zero-order chi connectivity index (χ0) is 16.8. The van der Waals surface area contributed by atoms with Gasteiger partial charge in [-0.25, -0.2) is 0 Å². The summed E-state index contributed by atoms with van der Waals surface area (Å²) in [4.78, 5) is 12.0. The summed E-state index contributed by atoms with van der Waals surface area (Å²) in [6.07, 6.45) is 2.88. The van der Waals surface area contributed by atoms with Gasteiger partial charge in [0.15, 0.2) is 0 Å². The van der Waals surface area contributed by atoms with Crippen molar-refractivity contribution in [3.8, 4) is 5.75 Å². The Hall–Kier alpha value is -2.30. The molecule has 1 aromatic carbocycles. The average molecular weight is 315 g/mol. The Morgan fingerprint density at radius 1 is 1.30 bits per heavy atom. The highest BCUT2D eigenvalue weighted by Crippen LogP contribution is 2.22. The number of aryl methyl sites for hydroxylation is 4. The highest BCUT2D eigenvalue weighted by Gasteiger charge is 2.11. The monoisotopic (exact) mass is 315 g/mol. The second-order valence-corrected chi connectivity index (χ2v) is 5.95. The lowest BCUT2D eigenvalue weighted by Crippen LogP contribution is -2.37. The maximum Gasteiger partial charge on any atom is 0.220 e. The molecule has 1 aromatic heterocycles. The van der Waals surface area contributed by atoms with Crippen molar-refractivity contribution in [2.75, 3.05) is 6.61 Å². The fraction of sp³-hybridized carbons (Fsp3) is 0.444. The zero-order valence-corrected chi connectivity index (χ0v) is 14.3. The molecule has 5 heteroatoms. The van der Waals surface area contributed by atoms with E-state index in [4.69, 9.17) is 4.74 Å². The molecular weight excluding hydrogens is 290 g/mol. The van der Waals surface area contributed by atoms with Crippen LogP contribution in [0.25, 0.3) is 0 Å². The summed E-state index contributed by atoms with van der Waals surface area (Å²) in [5, 5.41) is 7.08. The van der Waals surface area contributed by atoms with Crippen molar-refractivity contribution in [3.05, 3.63) is 47.3 Å². The maximum absolute atomic E-state index is 12.0. The lowest BCUT2D eigenvalue weighted by molar-refractivity contribution is -0.121. The number of nitrogens with zero attached hydrogens (tertiary/aromatic N) is 2. The first kappa shape index (κ1) is 17.1. The van der Waals surface area contributed by atoms with Crippen molar-refractivity contribution in [2.45, 2.75) is 39.7 Å². The summed E-state index contributed by atoms with van der Waals surface area (Å²) in [5.74, 6) is 0.937. The van der Waals surface area contributed by atoms with Crippen LogP contribution in [0, 0.1) is 13.8 Å². The number of para-hydroxylation sites is 1. The number of rotatable bonds is 7. The van der Waals surface area contributed by atoms with E-state index in [1.165, 1.54) is 0 Å². The van der Waals surface area contributed by atoms with Gasteiger partial charge in [0.1, 0.15) is 12.4 Å². The van der Waals surface area contributed by atoms with Crippen molar-refractivity contribution < 1.29 is 9.53 Å². The van der Waals surface area contributed by atoms with Gasteiger partial charge in [-0.3, -0.25) is 9.48 Å². The molecule has 1 heterocycles. The zero-order valence-electron chi connectivity index (χ0n) is 14.3. The molecule has 1 N–H and O–H groups in total. The molecule has 0 spiro atoms. The van der Waals surface area contributed by atoms with Crippen molar-refractivity contribution >= 4 is 5.91 Å². The van der Waals surface area contributed by atoms with Gasteiger partial charge in [0.2, 0.25) is 5.91 Å². The minimum atomic E-state index is -0.0342. The van der Waals surface area contributed by atoms with Gasteiger partial charge >= 0.3 is 0 Å². The van der Waals surface area contributed by atoms with E-state index < -0.39 is 0 Å². The lowest BCUT2D eigenvalue weighted by Gasteiger charge is -2.17. The summed E-state index contributed by atoms with van der Waals surface area (Å²) in [6, 6.07) is 7.97. The van der Waals surface area contributed by atoms with E-state index in [-0.39, 0.29) is 11.9 Å². The number of amides is 1. The molecule has 0 aliphatic rings. The Labute approximate surface area is 137 Å². The van der Waals surface area contributed by atoms with Crippen LogP contribution in [0.15, 0.2) is 30.5 Å². The Morgan fingerprint density at radius 3 is 2.61 bits per heavy atom. The highest BCUT2D eigenvalue weighted by molar-refractivity contribution is 5.76. The first-order valence-corrected chi connectivity index (χ1v) is 7.92. The lowest BCUT2D eigenvalue weighted by atomic mass is 10.1. The molecule has 0 radical (unpaired) electrons. The third kappa shape index (κ3) is 4.84. The quantitative estimate of drug-likeness (QED) is 0.854. The van der Waals surface area contributed by atoms with Gasteiger partial charge in [-0.15, -0.1) is 0 Å². The Morgan fingerprint density at radius 2 is 2.00 bits per heavy atom. The molecule has 0 unspecified atom stereocenters. The molecular formula is C18H25N3O2. The van der Waals surface area contributed by atoms with E-state index in [0.29, 0.717) is 19.4 Å².